The van der Waals surface area contributed by atoms with Crippen LogP contribution >= 0.6 is 0 Å². The van der Waals surface area contributed by atoms with Crippen molar-refractivity contribution in [3.63, 3.8) is 0 Å². The van der Waals surface area contributed by atoms with Gasteiger partial charge in [0.1, 0.15) is 0 Å². The fraction of sp³-hybridized carbons (Fsp3) is 1.00. The van der Waals surface area contributed by atoms with Crippen LogP contribution in [-0.4, -0.2) is 56.9 Å². The fourth-order valence-corrected chi connectivity index (χ4v) is 1.74. The molecule has 1 heterocycles. The Kier molecular flexibility index (Phi) is 3.98. The SMILES string of the molecule is COCN(C)C1CCN(C)CC1. The van der Waals surface area contributed by atoms with Gasteiger partial charge in [0, 0.05) is 13.2 Å². The maximum atomic E-state index is 5.10. The Labute approximate surface area is 75.3 Å². The predicted molar refractivity (Wildman–Crippen MR) is 50.2 cm³/mol. The molecule has 0 aromatic carbocycles. The predicted octanol–water partition coefficient (Wildman–Crippen LogP) is 0.616. The van der Waals surface area contributed by atoms with Gasteiger partial charge in [0.15, 0.2) is 0 Å². The minimum Gasteiger partial charge on any atom is -0.369 e. The summed E-state index contributed by atoms with van der Waals surface area (Å²) in [6.07, 6.45) is 2.55. The van der Waals surface area contributed by atoms with E-state index in [1.165, 1.54) is 25.9 Å². The van der Waals surface area contributed by atoms with Crippen LogP contribution in [-0.2, 0) is 4.74 Å². The van der Waals surface area contributed by atoms with Crippen molar-refractivity contribution in [1.82, 2.24) is 9.80 Å². The van der Waals surface area contributed by atoms with E-state index in [0.29, 0.717) is 0 Å². The lowest BCUT2D eigenvalue weighted by molar-refractivity contribution is 0.0321. The number of hydrogen-bond donors (Lipinski definition) is 0. The van der Waals surface area contributed by atoms with E-state index in [-0.39, 0.29) is 0 Å². The third-order valence-electron chi connectivity index (χ3n) is 2.64. The quantitative estimate of drug-likeness (QED) is 0.580. The Morgan fingerprint density at radius 3 is 2.50 bits per heavy atom. The molecule has 3 heteroatoms. The van der Waals surface area contributed by atoms with Crippen LogP contribution in [0.2, 0.25) is 0 Å². The Hall–Kier alpha value is -0.120. The average Bonchev–Trinajstić information content (AvgIpc) is 2.06. The van der Waals surface area contributed by atoms with Crippen molar-refractivity contribution in [3.8, 4) is 0 Å². The molecule has 1 rings (SSSR count). The zero-order valence-electron chi connectivity index (χ0n) is 8.42. The Balaban J connectivity index is 2.24. The molecule has 0 spiro atoms. The van der Waals surface area contributed by atoms with Crippen LogP contribution in [0.1, 0.15) is 12.8 Å². The maximum Gasteiger partial charge on any atom is 0.0986 e. The molecule has 0 atom stereocenters. The normalized spacial score (nSPS) is 22.0. The summed E-state index contributed by atoms with van der Waals surface area (Å²) in [4.78, 5) is 4.68. The fourth-order valence-electron chi connectivity index (χ4n) is 1.74. The van der Waals surface area contributed by atoms with Crippen LogP contribution in [0.4, 0.5) is 0 Å². The van der Waals surface area contributed by atoms with E-state index < -0.39 is 0 Å². The molecule has 0 aromatic rings. The Morgan fingerprint density at radius 2 is 2.00 bits per heavy atom. The lowest BCUT2D eigenvalue weighted by atomic mass is 10.1. The molecule has 12 heavy (non-hydrogen) atoms. The number of ether oxygens (including phenoxy) is 1. The van der Waals surface area contributed by atoms with Crippen LogP contribution in [0.3, 0.4) is 0 Å². The van der Waals surface area contributed by atoms with Gasteiger partial charge in [-0.2, -0.15) is 0 Å². The molecule has 1 fully saturated rings. The number of methoxy groups -OCH3 is 1. The van der Waals surface area contributed by atoms with Gasteiger partial charge < -0.3 is 9.64 Å². The molecule has 0 N–H and O–H groups in total. The summed E-state index contributed by atoms with van der Waals surface area (Å²) in [5.74, 6) is 0. The highest BCUT2D eigenvalue weighted by Gasteiger charge is 2.19. The van der Waals surface area contributed by atoms with Gasteiger partial charge in [-0.3, -0.25) is 4.90 Å². The monoisotopic (exact) mass is 172 g/mol. The standard InChI is InChI=1S/C9H20N2O/c1-10-6-4-9(5-7-10)11(2)8-12-3/h9H,4-8H2,1-3H3. The van der Waals surface area contributed by atoms with Crippen LogP contribution in [0.25, 0.3) is 0 Å². The van der Waals surface area contributed by atoms with Crippen molar-refractivity contribution in [3.05, 3.63) is 0 Å². The topological polar surface area (TPSA) is 15.7 Å². The molecule has 0 amide bonds. The lowest BCUT2D eigenvalue weighted by Crippen LogP contribution is -2.42. The van der Waals surface area contributed by atoms with Gasteiger partial charge in [-0.05, 0) is 40.0 Å². The van der Waals surface area contributed by atoms with E-state index in [0.717, 1.165) is 12.8 Å². The minimum atomic E-state index is 0.723. The highest BCUT2D eigenvalue weighted by molar-refractivity contribution is 4.75. The summed E-state index contributed by atoms with van der Waals surface area (Å²) in [7, 11) is 6.08. The summed E-state index contributed by atoms with van der Waals surface area (Å²) in [5.41, 5.74) is 0. The molecular weight excluding hydrogens is 152 g/mol. The van der Waals surface area contributed by atoms with Gasteiger partial charge in [0.25, 0.3) is 0 Å². The van der Waals surface area contributed by atoms with Crippen LogP contribution in [0.5, 0.6) is 0 Å². The van der Waals surface area contributed by atoms with E-state index in [9.17, 15) is 0 Å². The number of hydrogen-bond acceptors (Lipinski definition) is 3. The first-order valence-electron chi connectivity index (χ1n) is 4.61. The highest BCUT2D eigenvalue weighted by Crippen LogP contribution is 2.13. The van der Waals surface area contributed by atoms with Crippen molar-refractivity contribution in [2.45, 2.75) is 18.9 Å². The van der Waals surface area contributed by atoms with Gasteiger partial charge in [-0.25, -0.2) is 0 Å². The van der Waals surface area contributed by atoms with Crippen LogP contribution < -0.4 is 0 Å². The molecule has 0 saturated carbocycles. The number of rotatable bonds is 3. The molecule has 0 aromatic heterocycles. The van der Waals surface area contributed by atoms with Crippen molar-refractivity contribution in [2.75, 3.05) is 41.0 Å². The van der Waals surface area contributed by atoms with Crippen molar-refractivity contribution in [1.29, 1.82) is 0 Å². The van der Waals surface area contributed by atoms with Gasteiger partial charge in [-0.1, -0.05) is 0 Å². The first-order chi connectivity index (χ1) is 5.74. The molecular formula is C9H20N2O. The number of likely N-dealkylation sites (tertiary alicyclic amines) is 1. The van der Waals surface area contributed by atoms with E-state index >= 15 is 0 Å². The molecule has 1 aliphatic rings. The average molecular weight is 172 g/mol. The molecule has 1 aliphatic heterocycles. The third-order valence-corrected chi connectivity index (χ3v) is 2.64. The van der Waals surface area contributed by atoms with E-state index in [2.05, 4.69) is 23.9 Å². The molecule has 0 radical (unpaired) electrons. The van der Waals surface area contributed by atoms with Gasteiger partial charge in [0.05, 0.1) is 6.73 Å². The summed E-state index contributed by atoms with van der Waals surface area (Å²) >= 11 is 0. The van der Waals surface area contributed by atoms with Gasteiger partial charge >= 0.3 is 0 Å². The van der Waals surface area contributed by atoms with E-state index in [1.807, 2.05) is 0 Å². The minimum absolute atomic E-state index is 0.723. The second kappa shape index (κ2) is 4.80. The zero-order valence-corrected chi connectivity index (χ0v) is 8.42. The van der Waals surface area contributed by atoms with Crippen LogP contribution in [0, 0.1) is 0 Å². The van der Waals surface area contributed by atoms with E-state index in [1.54, 1.807) is 7.11 Å². The summed E-state index contributed by atoms with van der Waals surface area (Å²) < 4.78 is 5.10. The Bertz CT molecular complexity index is 122. The zero-order chi connectivity index (χ0) is 8.97. The smallest absolute Gasteiger partial charge is 0.0986 e. The van der Waals surface area contributed by atoms with Crippen LogP contribution in [0.15, 0.2) is 0 Å². The second-order valence-electron chi connectivity index (χ2n) is 3.71. The summed E-state index contributed by atoms with van der Waals surface area (Å²) in [6.45, 7) is 3.20. The lowest BCUT2D eigenvalue weighted by Gasteiger charge is -2.34. The van der Waals surface area contributed by atoms with Gasteiger partial charge in [-0.15, -0.1) is 0 Å². The summed E-state index contributed by atoms with van der Waals surface area (Å²) in [5, 5.41) is 0. The molecule has 3 nitrogen and oxygen atoms in total. The third kappa shape index (κ3) is 2.73. The molecule has 1 saturated heterocycles. The van der Waals surface area contributed by atoms with Gasteiger partial charge in [0.2, 0.25) is 0 Å². The number of piperidine rings is 1. The maximum absolute atomic E-state index is 5.10. The Morgan fingerprint density at radius 1 is 1.42 bits per heavy atom. The molecule has 0 bridgehead atoms. The van der Waals surface area contributed by atoms with Crippen molar-refractivity contribution < 1.29 is 4.74 Å². The second-order valence-corrected chi connectivity index (χ2v) is 3.71. The highest BCUT2D eigenvalue weighted by atomic mass is 16.5. The molecule has 0 aliphatic carbocycles. The van der Waals surface area contributed by atoms with Crippen molar-refractivity contribution in [2.24, 2.45) is 0 Å². The molecule has 72 valence electrons. The summed E-state index contributed by atoms with van der Waals surface area (Å²) in [6, 6.07) is 0.723. The number of nitrogens with zero attached hydrogens (tertiary/aromatic N) is 2. The van der Waals surface area contributed by atoms with E-state index in [4.69, 9.17) is 4.74 Å². The first-order valence-corrected chi connectivity index (χ1v) is 4.61. The molecule has 0 unspecified atom stereocenters. The van der Waals surface area contributed by atoms with Crippen molar-refractivity contribution >= 4 is 0 Å². The largest absolute Gasteiger partial charge is 0.369 e. The first kappa shape index (κ1) is 9.96.